The summed E-state index contributed by atoms with van der Waals surface area (Å²) in [6, 6.07) is 18.3. The first-order valence-corrected chi connectivity index (χ1v) is 11.4. The highest BCUT2D eigenvalue weighted by Crippen LogP contribution is 2.20. The fourth-order valence-corrected chi connectivity index (χ4v) is 4.56. The lowest BCUT2D eigenvalue weighted by Crippen LogP contribution is -2.35. The first-order valence-electron chi connectivity index (χ1n) is 9.04. The molecule has 1 atom stereocenters. The lowest BCUT2D eigenvalue weighted by molar-refractivity contribution is -0.129. The van der Waals surface area contributed by atoms with Crippen LogP contribution in [0.2, 0.25) is 0 Å². The number of amides is 1. The Morgan fingerprint density at radius 2 is 1.70 bits per heavy atom. The zero-order valence-corrected chi connectivity index (χ0v) is 17.7. The molecule has 9 heteroatoms. The molecule has 2 N–H and O–H groups in total. The van der Waals surface area contributed by atoms with Crippen molar-refractivity contribution in [3.8, 4) is 0 Å². The van der Waals surface area contributed by atoms with Crippen LogP contribution in [0.3, 0.4) is 0 Å². The van der Waals surface area contributed by atoms with Crippen LogP contribution in [0, 0.1) is 0 Å². The van der Waals surface area contributed by atoms with Crippen molar-refractivity contribution >= 4 is 38.9 Å². The third-order valence-corrected chi connectivity index (χ3v) is 6.87. The summed E-state index contributed by atoms with van der Waals surface area (Å²) in [7, 11) is -3.66. The van der Waals surface area contributed by atoms with Gasteiger partial charge in [-0.15, -0.1) is 11.3 Å². The number of carbonyl (C=O) groups is 2. The predicted molar refractivity (Wildman–Crippen MR) is 115 cm³/mol. The van der Waals surface area contributed by atoms with Gasteiger partial charge in [-0.1, -0.05) is 36.4 Å². The van der Waals surface area contributed by atoms with Gasteiger partial charge < -0.3 is 10.1 Å². The topological polar surface area (TPSA) is 102 Å². The van der Waals surface area contributed by atoms with Crippen LogP contribution < -0.4 is 10.0 Å². The Kier molecular flexibility index (Phi) is 6.86. The van der Waals surface area contributed by atoms with Crippen molar-refractivity contribution in [2.45, 2.75) is 23.8 Å². The number of benzene rings is 2. The van der Waals surface area contributed by atoms with Crippen molar-refractivity contribution in [3.05, 3.63) is 83.2 Å². The minimum absolute atomic E-state index is 0.196. The minimum Gasteiger partial charge on any atom is -0.449 e. The Bertz CT molecular complexity index is 1100. The van der Waals surface area contributed by atoms with Gasteiger partial charge in [0, 0.05) is 12.2 Å². The molecule has 0 saturated carbocycles. The van der Waals surface area contributed by atoms with Crippen LogP contribution in [0.5, 0.6) is 0 Å². The highest BCUT2D eigenvalue weighted by Gasteiger charge is 2.19. The molecule has 3 rings (SSSR count). The molecule has 0 radical (unpaired) electrons. The van der Waals surface area contributed by atoms with E-state index in [0.717, 1.165) is 16.9 Å². The number of thiophene rings is 1. The van der Waals surface area contributed by atoms with Crippen LogP contribution in [0.1, 0.15) is 22.8 Å². The molecule has 2 aromatic carbocycles. The van der Waals surface area contributed by atoms with Gasteiger partial charge in [-0.25, -0.2) is 13.2 Å². The number of carbonyl (C=O) groups excluding carboxylic acids is 2. The molecule has 0 aliphatic heterocycles. The Morgan fingerprint density at radius 3 is 2.33 bits per heavy atom. The summed E-state index contributed by atoms with van der Waals surface area (Å²) in [4.78, 5) is 24.4. The number of ether oxygens (including phenoxy) is 1. The average molecular weight is 445 g/mol. The first-order chi connectivity index (χ1) is 14.3. The van der Waals surface area contributed by atoms with Gasteiger partial charge in [0.05, 0.1) is 5.56 Å². The second kappa shape index (κ2) is 9.55. The lowest BCUT2D eigenvalue weighted by atomic mass is 10.2. The van der Waals surface area contributed by atoms with E-state index in [-0.39, 0.29) is 9.77 Å². The second-order valence-electron chi connectivity index (χ2n) is 6.37. The Hall–Kier alpha value is -3.17. The van der Waals surface area contributed by atoms with E-state index in [0.29, 0.717) is 12.2 Å². The van der Waals surface area contributed by atoms with E-state index in [9.17, 15) is 18.0 Å². The monoisotopic (exact) mass is 444 g/mol. The zero-order valence-electron chi connectivity index (χ0n) is 16.1. The number of hydrogen-bond acceptors (Lipinski definition) is 6. The molecule has 1 heterocycles. The van der Waals surface area contributed by atoms with Gasteiger partial charge in [0.1, 0.15) is 4.21 Å². The fraction of sp³-hybridized carbons (Fsp3) is 0.143. The van der Waals surface area contributed by atoms with Crippen LogP contribution in [-0.4, -0.2) is 26.4 Å². The molecule has 0 bridgehead atoms. The quantitative estimate of drug-likeness (QED) is 0.519. The summed E-state index contributed by atoms with van der Waals surface area (Å²) < 4.78 is 32.3. The van der Waals surface area contributed by atoms with E-state index in [2.05, 4.69) is 10.0 Å². The van der Waals surface area contributed by atoms with Crippen molar-refractivity contribution in [1.82, 2.24) is 5.32 Å². The van der Waals surface area contributed by atoms with Gasteiger partial charge in [0.15, 0.2) is 6.10 Å². The molecular weight excluding hydrogens is 424 g/mol. The van der Waals surface area contributed by atoms with E-state index in [1.807, 2.05) is 30.3 Å². The Morgan fingerprint density at radius 1 is 1.00 bits per heavy atom. The van der Waals surface area contributed by atoms with Crippen LogP contribution in [-0.2, 0) is 26.1 Å². The summed E-state index contributed by atoms with van der Waals surface area (Å²) >= 11 is 1.11. The molecule has 0 spiro atoms. The summed E-state index contributed by atoms with van der Waals surface area (Å²) in [5, 5.41) is 4.38. The van der Waals surface area contributed by atoms with Gasteiger partial charge in [-0.3, -0.25) is 9.52 Å². The van der Waals surface area contributed by atoms with Gasteiger partial charge in [-0.05, 0) is 48.2 Å². The third-order valence-electron chi connectivity index (χ3n) is 4.10. The summed E-state index contributed by atoms with van der Waals surface area (Å²) in [6.07, 6.45) is -0.974. The highest BCUT2D eigenvalue weighted by molar-refractivity contribution is 7.94. The molecule has 0 aliphatic rings. The van der Waals surface area contributed by atoms with Crippen LogP contribution in [0.4, 0.5) is 5.69 Å². The molecule has 0 fully saturated rings. The largest absolute Gasteiger partial charge is 0.449 e. The molecule has 7 nitrogen and oxygen atoms in total. The molecule has 0 saturated heterocycles. The number of nitrogens with one attached hydrogen (secondary N) is 2. The summed E-state index contributed by atoms with van der Waals surface area (Å²) in [6.45, 7) is 1.82. The maximum atomic E-state index is 12.3. The maximum absolute atomic E-state index is 12.3. The van der Waals surface area contributed by atoms with Gasteiger partial charge in [-0.2, -0.15) is 0 Å². The van der Waals surface area contributed by atoms with Crippen molar-refractivity contribution in [1.29, 1.82) is 0 Å². The normalized spacial score (nSPS) is 12.0. The second-order valence-corrected chi connectivity index (χ2v) is 9.22. The minimum atomic E-state index is -3.66. The molecular formula is C21H20N2O5S2. The average Bonchev–Trinajstić information content (AvgIpc) is 3.29. The zero-order chi connectivity index (χ0) is 21.6. The SMILES string of the molecule is C[C@@H](OC(=O)c1ccc(NS(=O)(=O)c2cccs2)cc1)C(=O)NCc1ccccc1. The van der Waals surface area contributed by atoms with E-state index in [1.54, 1.807) is 11.4 Å². The van der Waals surface area contributed by atoms with Crippen molar-refractivity contribution < 1.29 is 22.7 Å². The standard InChI is InChI=1S/C21H20N2O5S2/c1-15(20(24)22-14-16-6-3-2-4-7-16)28-21(25)17-9-11-18(12-10-17)23-30(26,27)19-8-5-13-29-19/h2-13,15,23H,14H2,1H3,(H,22,24)/t15-/m1/s1. The number of hydrogen-bond donors (Lipinski definition) is 2. The number of rotatable bonds is 8. The Labute approximate surface area is 178 Å². The molecule has 1 amide bonds. The van der Waals surface area contributed by atoms with Crippen molar-refractivity contribution in [2.75, 3.05) is 4.72 Å². The molecule has 0 unspecified atom stereocenters. The number of sulfonamides is 1. The van der Waals surface area contributed by atoms with E-state index < -0.39 is 28.0 Å². The number of anilines is 1. The fourth-order valence-electron chi connectivity index (χ4n) is 2.51. The van der Waals surface area contributed by atoms with Crippen LogP contribution >= 0.6 is 11.3 Å². The predicted octanol–water partition coefficient (Wildman–Crippen LogP) is 3.41. The summed E-state index contributed by atoms with van der Waals surface area (Å²) in [5.41, 5.74) is 1.45. The van der Waals surface area contributed by atoms with Crippen LogP contribution in [0.25, 0.3) is 0 Å². The van der Waals surface area contributed by atoms with Gasteiger partial charge >= 0.3 is 5.97 Å². The van der Waals surface area contributed by atoms with Crippen LogP contribution in [0.15, 0.2) is 76.3 Å². The molecule has 0 aliphatic carbocycles. The molecule has 3 aromatic rings. The number of esters is 1. The molecule has 156 valence electrons. The first kappa shape index (κ1) is 21.5. The van der Waals surface area contributed by atoms with Crippen molar-refractivity contribution in [2.24, 2.45) is 0 Å². The lowest BCUT2D eigenvalue weighted by Gasteiger charge is -2.14. The summed E-state index contributed by atoms with van der Waals surface area (Å²) in [5.74, 6) is -1.09. The van der Waals surface area contributed by atoms with Gasteiger partial charge in [0.2, 0.25) is 0 Å². The van der Waals surface area contributed by atoms with Gasteiger partial charge in [0.25, 0.3) is 15.9 Å². The van der Waals surface area contributed by atoms with E-state index in [1.165, 1.54) is 37.3 Å². The molecule has 1 aromatic heterocycles. The molecule has 30 heavy (non-hydrogen) atoms. The third kappa shape index (κ3) is 5.68. The smallest absolute Gasteiger partial charge is 0.338 e. The van der Waals surface area contributed by atoms with E-state index in [4.69, 9.17) is 4.74 Å². The van der Waals surface area contributed by atoms with E-state index >= 15 is 0 Å². The van der Waals surface area contributed by atoms with Crippen molar-refractivity contribution in [3.63, 3.8) is 0 Å². The highest BCUT2D eigenvalue weighted by atomic mass is 32.2. The maximum Gasteiger partial charge on any atom is 0.338 e. The Balaban J connectivity index is 1.54.